The molecular formula is C13H16ClNO3. The van der Waals surface area contributed by atoms with Crippen LogP contribution in [0.2, 0.25) is 5.02 Å². The lowest BCUT2D eigenvalue weighted by Crippen LogP contribution is -2.34. The number of carbonyl (C=O) groups excluding carboxylic acids is 1. The molecule has 1 aromatic carbocycles. The van der Waals surface area contributed by atoms with E-state index in [1.807, 2.05) is 0 Å². The number of nitrogens with zero attached hydrogens (tertiary/aromatic N) is 1. The van der Waals surface area contributed by atoms with Crippen molar-refractivity contribution < 1.29 is 14.6 Å². The van der Waals surface area contributed by atoms with Crippen LogP contribution in [0.4, 0.5) is 0 Å². The van der Waals surface area contributed by atoms with Gasteiger partial charge in [0.25, 0.3) is 5.91 Å². The summed E-state index contributed by atoms with van der Waals surface area (Å²) in [5.74, 6) is 0.320. The number of halogens is 1. The van der Waals surface area contributed by atoms with Gasteiger partial charge < -0.3 is 14.7 Å². The predicted octanol–water partition coefficient (Wildman–Crippen LogP) is 1.95. The van der Waals surface area contributed by atoms with E-state index in [-0.39, 0.29) is 5.91 Å². The standard InChI is InChI=1S/C13H16ClNO3/c1-13(17)5-6-15(8-13)12(16)10-4-3-9(14)7-11(10)18-2/h3-4,7,17H,5-6,8H2,1-2H3. The fraction of sp³-hybridized carbons (Fsp3) is 0.462. The van der Waals surface area contributed by atoms with Crippen LogP contribution in [0.3, 0.4) is 0 Å². The number of carbonyl (C=O) groups is 1. The Balaban J connectivity index is 2.24. The van der Waals surface area contributed by atoms with E-state index in [4.69, 9.17) is 16.3 Å². The highest BCUT2D eigenvalue weighted by Crippen LogP contribution is 2.27. The third kappa shape index (κ3) is 2.60. The van der Waals surface area contributed by atoms with Gasteiger partial charge in [0.2, 0.25) is 0 Å². The number of amides is 1. The summed E-state index contributed by atoms with van der Waals surface area (Å²) < 4.78 is 5.16. The second-order valence-electron chi connectivity index (χ2n) is 4.82. The number of ether oxygens (including phenoxy) is 1. The maximum absolute atomic E-state index is 12.3. The number of benzene rings is 1. The van der Waals surface area contributed by atoms with Crippen molar-refractivity contribution >= 4 is 17.5 Å². The van der Waals surface area contributed by atoms with Crippen LogP contribution in [0.5, 0.6) is 5.75 Å². The van der Waals surface area contributed by atoms with Gasteiger partial charge in [0.1, 0.15) is 5.75 Å². The first-order chi connectivity index (χ1) is 8.43. The molecule has 1 atom stereocenters. The van der Waals surface area contributed by atoms with Gasteiger partial charge in [-0.3, -0.25) is 4.79 Å². The number of aliphatic hydroxyl groups is 1. The largest absolute Gasteiger partial charge is 0.496 e. The number of likely N-dealkylation sites (tertiary alicyclic amines) is 1. The first-order valence-electron chi connectivity index (χ1n) is 5.78. The molecule has 1 aliphatic heterocycles. The van der Waals surface area contributed by atoms with E-state index < -0.39 is 5.60 Å². The third-order valence-corrected chi connectivity index (χ3v) is 3.37. The molecule has 0 bridgehead atoms. The Labute approximate surface area is 111 Å². The summed E-state index contributed by atoms with van der Waals surface area (Å²) >= 11 is 5.86. The molecule has 1 amide bonds. The SMILES string of the molecule is COc1cc(Cl)ccc1C(=O)N1CCC(C)(O)C1. The van der Waals surface area contributed by atoms with Crippen LogP contribution in [0.15, 0.2) is 18.2 Å². The lowest BCUT2D eigenvalue weighted by Gasteiger charge is -2.20. The van der Waals surface area contributed by atoms with Gasteiger partial charge in [-0.2, -0.15) is 0 Å². The zero-order valence-electron chi connectivity index (χ0n) is 10.4. The first-order valence-corrected chi connectivity index (χ1v) is 6.16. The van der Waals surface area contributed by atoms with Crippen LogP contribution >= 0.6 is 11.6 Å². The molecule has 0 aromatic heterocycles. The highest BCUT2D eigenvalue weighted by molar-refractivity contribution is 6.30. The average Bonchev–Trinajstić information content (AvgIpc) is 2.68. The molecule has 2 rings (SSSR count). The molecular weight excluding hydrogens is 254 g/mol. The molecule has 1 saturated heterocycles. The molecule has 0 aliphatic carbocycles. The van der Waals surface area contributed by atoms with Crippen molar-refractivity contribution in [1.29, 1.82) is 0 Å². The van der Waals surface area contributed by atoms with Crippen LogP contribution < -0.4 is 4.74 Å². The number of hydrogen-bond donors (Lipinski definition) is 1. The predicted molar refractivity (Wildman–Crippen MR) is 69.1 cm³/mol. The van der Waals surface area contributed by atoms with Crippen LogP contribution in [-0.2, 0) is 0 Å². The van der Waals surface area contributed by atoms with Gasteiger partial charge in [-0.15, -0.1) is 0 Å². The third-order valence-electron chi connectivity index (χ3n) is 3.13. The van der Waals surface area contributed by atoms with Crippen molar-refractivity contribution in [2.75, 3.05) is 20.2 Å². The average molecular weight is 270 g/mol. The Bertz CT molecular complexity index is 473. The van der Waals surface area contributed by atoms with Crippen molar-refractivity contribution in [3.8, 4) is 5.75 Å². The lowest BCUT2D eigenvalue weighted by molar-refractivity contribution is 0.0570. The number of hydrogen-bond acceptors (Lipinski definition) is 3. The van der Waals surface area contributed by atoms with E-state index >= 15 is 0 Å². The number of β-amino-alcohol motifs (C(OH)–C–C–N with tert-alkyl or cyclic N) is 1. The van der Waals surface area contributed by atoms with Crippen LogP contribution in [0, 0.1) is 0 Å². The summed E-state index contributed by atoms with van der Waals surface area (Å²) in [6.45, 7) is 2.63. The molecule has 98 valence electrons. The smallest absolute Gasteiger partial charge is 0.257 e. The Morgan fingerprint density at radius 3 is 2.83 bits per heavy atom. The zero-order valence-corrected chi connectivity index (χ0v) is 11.2. The molecule has 0 saturated carbocycles. The fourth-order valence-corrected chi connectivity index (χ4v) is 2.29. The Morgan fingerprint density at radius 1 is 1.56 bits per heavy atom. The molecule has 1 aliphatic rings. The Morgan fingerprint density at radius 2 is 2.28 bits per heavy atom. The lowest BCUT2D eigenvalue weighted by atomic mass is 10.1. The molecule has 0 radical (unpaired) electrons. The highest BCUT2D eigenvalue weighted by atomic mass is 35.5. The maximum Gasteiger partial charge on any atom is 0.257 e. The van der Waals surface area contributed by atoms with Crippen LogP contribution in [0.25, 0.3) is 0 Å². The molecule has 1 heterocycles. The summed E-state index contributed by atoms with van der Waals surface area (Å²) in [6.07, 6.45) is 0.592. The molecule has 18 heavy (non-hydrogen) atoms. The van der Waals surface area contributed by atoms with Crippen LogP contribution in [0.1, 0.15) is 23.7 Å². The van der Waals surface area contributed by atoms with Crippen molar-refractivity contribution in [3.63, 3.8) is 0 Å². The van der Waals surface area contributed by atoms with Crippen LogP contribution in [-0.4, -0.2) is 41.7 Å². The molecule has 1 fully saturated rings. The Hall–Kier alpha value is -1.26. The number of rotatable bonds is 2. The van der Waals surface area contributed by atoms with Crippen molar-refractivity contribution in [2.45, 2.75) is 18.9 Å². The second-order valence-corrected chi connectivity index (χ2v) is 5.25. The van der Waals surface area contributed by atoms with E-state index in [0.29, 0.717) is 35.8 Å². The molecule has 1 N–H and O–H groups in total. The minimum atomic E-state index is -0.796. The van der Waals surface area contributed by atoms with E-state index in [9.17, 15) is 9.90 Å². The van der Waals surface area contributed by atoms with Gasteiger partial charge in [-0.1, -0.05) is 11.6 Å². The first kappa shape index (κ1) is 13.2. The summed E-state index contributed by atoms with van der Waals surface area (Å²) in [7, 11) is 1.50. The molecule has 0 spiro atoms. The zero-order chi connectivity index (χ0) is 13.3. The fourth-order valence-electron chi connectivity index (χ4n) is 2.13. The van der Waals surface area contributed by atoms with Crippen molar-refractivity contribution in [2.24, 2.45) is 0 Å². The number of methoxy groups -OCH3 is 1. The summed E-state index contributed by atoms with van der Waals surface area (Å²) in [5.41, 5.74) is -0.324. The van der Waals surface area contributed by atoms with E-state index in [1.54, 1.807) is 30.0 Å². The molecule has 4 nitrogen and oxygen atoms in total. The molecule has 5 heteroatoms. The van der Waals surface area contributed by atoms with Gasteiger partial charge in [0.15, 0.2) is 0 Å². The topological polar surface area (TPSA) is 49.8 Å². The molecule has 1 aromatic rings. The van der Waals surface area contributed by atoms with Gasteiger partial charge in [0, 0.05) is 18.1 Å². The van der Waals surface area contributed by atoms with Crippen molar-refractivity contribution in [1.82, 2.24) is 4.90 Å². The quantitative estimate of drug-likeness (QED) is 0.893. The van der Waals surface area contributed by atoms with Crippen molar-refractivity contribution in [3.05, 3.63) is 28.8 Å². The maximum atomic E-state index is 12.3. The van der Waals surface area contributed by atoms with Gasteiger partial charge >= 0.3 is 0 Å². The minimum absolute atomic E-state index is 0.138. The normalized spacial score (nSPS) is 23.2. The van der Waals surface area contributed by atoms with Gasteiger partial charge in [-0.05, 0) is 31.5 Å². The minimum Gasteiger partial charge on any atom is -0.496 e. The second kappa shape index (κ2) is 4.78. The Kier molecular flexibility index (Phi) is 3.50. The monoisotopic (exact) mass is 269 g/mol. The van der Waals surface area contributed by atoms with Gasteiger partial charge in [-0.25, -0.2) is 0 Å². The summed E-state index contributed by atoms with van der Waals surface area (Å²) in [4.78, 5) is 13.9. The highest BCUT2D eigenvalue weighted by Gasteiger charge is 2.35. The summed E-state index contributed by atoms with van der Waals surface area (Å²) in [5, 5.41) is 10.4. The van der Waals surface area contributed by atoms with E-state index in [0.717, 1.165) is 0 Å². The van der Waals surface area contributed by atoms with E-state index in [1.165, 1.54) is 7.11 Å². The molecule has 1 unspecified atom stereocenters. The van der Waals surface area contributed by atoms with Gasteiger partial charge in [0.05, 0.1) is 18.3 Å². The summed E-state index contributed by atoms with van der Waals surface area (Å²) in [6, 6.07) is 4.92. The van der Waals surface area contributed by atoms with E-state index in [2.05, 4.69) is 0 Å².